The number of hydrogen-bond acceptors (Lipinski definition) is 3. The highest BCUT2D eigenvalue weighted by Gasteiger charge is 2.36. The van der Waals surface area contributed by atoms with Gasteiger partial charge in [0.25, 0.3) is 0 Å². The lowest BCUT2D eigenvalue weighted by Gasteiger charge is -2.35. The molecule has 2 rings (SSSR count). The highest BCUT2D eigenvalue weighted by Crippen LogP contribution is 2.34. The molecule has 1 aliphatic rings. The summed E-state index contributed by atoms with van der Waals surface area (Å²) in [5.74, 6) is -0.469. The molecule has 1 heterocycles. The smallest absolute Gasteiger partial charge is 0.337 e. The van der Waals surface area contributed by atoms with E-state index in [4.69, 9.17) is 16.3 Å². The Morgan fingerprint density at radius 2 is 2.09 bits per heavy atom. The number of methoxy groups -OCH3 is 1. The number of ether oxygens (including phenoxy) is 1. The monoisotopic (exact) mass is 322 g/mol. The van der Waals surface area contributed by atoms with Crippen molar-refractivity contribution in [2.24, 2.45) is 0 Å². The molecule has 2 amide bonds. The van der Waals surface area contributed by atoms with Crippen molar-refractivity contribution in [1.82, 2.24) is 10.2 Å². The molecule has 6 heteroatoms. The van der Waals surface area contributed by atoms with Crippen LogP contribution in [0.2, 0.25) is 5.02 Å². The van der Waals surface area contributed by atoms with Crippen LogP contribution in [0.1, 0.15) is 31.9 Å². The van der Waals surface area contributed by atoms with E-state index in [1.165, 1.54) is 7.11 Å². The zero-order valence-corrected chi connectivity index (χ0v) is 13.6. The van der Waals surface area contributed by atoms with Crippen molar-refractivity contribution in [3.8, 4) is 0 Å². The summed E-state index contributed by atoms with van der Waals surface area (Å²) < 4.78 is 4.90. The summed E-state index contributed by atoms with van der Waals surface area (Å²) in [6.45, 7) is 4.26. The first-order valence-electron chi connectivity index (χ1n) is 7.12. The third kappa shape index (κ3) is 2.95. The number of rotatable bonds is 4. The van der Waals surface area contributed by atoms with Crippen LogP contribution in [0.25, 0.3) is 0 Å². The van der Waals surface area contributed by atoms with Crippen LogP contribution in [0.5, 0.6) is 0 Å². The minimum atomic E-state index is -0.609. The summed E-state index contributed by atoms with van der Waals surface area (Å²) in [6, 6.07) is 6.29. The fourth-order valence-corrected chi connectivity index (χ4v) is 2.84. The molecule has 0 radical (unpaired) electrons. The summed E-state index contributed by atoms with van der Waals surface area (Å²) in [7, 11) is 1.33. The van der Waals surface area contributed by atoms with Gasteiger partial charge in [-0.25, -0.2) is 9.59 Å². The van der Waals surface area contributed by atoms with Crippen LogP contribution in [-0.2, 0) is 9.53 Å². The van der Waals surface area contributed by atoms with Gasteiger partial charge in [0.05, 0.1) is 18.7 Å². The number of urea groups is 1. The Hall–Kier alpha value is -2.01. The molecule has 0 aliphatic carbocycles. The van der Waals surface area contributed by atoms with E-state index in [1.54, 1.807) is 30.0 Å². The van der Waals surface area contributed by atoms with Gasteiger partial charge in [-0.05, 0) is 25.0 Å². The summed E-state index contributed by atoms with van der Waals surface area (Å²) in [5.41, 5.74) is 1.68. The fraction of sp³-hybridized carbons (Fsp3) is 0.375. The van der Waals surface area contributed by atoms with Crippen LogP contribution in [-0.4, -0.2) is 30.6 Å². The topological polar surface area (TPSA) is 58.6 Å². The Balaban J connectivity index is 2.56. The number of amides is 2. The van der Waals surface area contributed by atoms with Crippen LogP contribution in [0.15, 0.2) is 35.5 Å². The average Bonchev–Trinajstić information content (AvgIpc) is 2.50. The van der Waals surface area contributed by atoms with Crippen molar-refractivity contribution < 1.29 is 14.3 Å². The highest BCUT2D eigenvalue weighted by atomic mass is 35.5. The average molecular weight is 323 g/mol. The first kappa shape index (κ1) is 16.4. The zero-order chi connectivity index (χ0) is 16.3. The largest absolute Gasteiger partial charge is 0.466 e. The van der Waals surface area contributed by atoms with Crippen molar-refractivity contribution >= 4 is 23.6 Å². The van der Waals surface area contributed by atoms with Crippen molar-refractivity contribution in [2.45, 2.75) is 26.3 Å². The van der Waals surface area contributed by atoms with Crippen LogP contribution in [0, 0.1) is 0 Å². The Labute approximate surface area is 134 Å². The summed E-state index contributed by atoms with van der Waals surface area (Å²) >= 11 is 6.22. The number of esters is 1. The number of halogens is 1. The molecule has 0 fully saturated rings. The van der Waals surface area contributed by atoms with Gasteiger partial charge in [0.1, 0.15) is 0 Å². The van der Waals surface area contributed by atoms with Gasteiger partial charge in [-0.2, -0.15) is 0 Å². The van der Waals surface area contributed by atoms with Gasteiger partial charge in [-0.1, -0.05) is 36.7 Å². The Morgan fingerprint density at radius 1 is 1.41 bits per heavy atom. The molecule has 0 bridgehead atoms. The minimum Gasteiger partial charge on any atom is -0.466 e. The lowest BCUT2D eigenvalue weighted by molar-refractivity contribution is -0.136. The van der Waals surface area contributed by atoms with Gasteiger partial charge in [0.15, 0.2) is 0 Å². The number of benzene rings is 1. The summed E-state index contributed by atoms with van der Waals surface area (Å²) in [4.78, 5) is 26.1. The second-order valence-electron chi connectivity index (χ2n) is 5.05. The summed E-state index contributed by atoms with van der Waals surface area (Å²) in [6.07, 6.45) is 0.788. The predicted molar refractivity (Wildman–Crippen MR) is 84.4 cm³/mol. The van der Waals surface area contributed by atoms with E-state index < -0.39 is 12.0 Å². The van der Waals surface area contributed by atoms with Crippen LogP contribution >= 0.6 is 11.6 Å². The molecular weight excluding hydrogens is 304 g/mol. The highest BCUT2D eigenvalue weighted by molar-refractivity contribution is 6.31. The molecule has 22 heavy (non-hydrogen) atoms. The minimum absolute atomic E-state index is 0.239. The van der Waals surface area contributed by atoms with Gasteiger partial charge in [-0.15, -0.1) is 0 Å². The van der Waals surface area contributed by atoms with Gasteiger partial charge >= 0.3 is 12.0 Å². The maximum atomic E-state index is 12.3. The lowest BCUT2D eigenvalue weighted by Crippen LogP contribution is -2.48. The zero-order valence-electron chi connectivity index (χ0n) is 12.9. The Kier molecular flexibility index (Phi) is 5.08. The molecule has 1 aliphatic heterocycles. The van der Waals surface area contributed by atoms with Crippen molar-refractivity contribution in [2.75, 3.05) is 13.7 Å². The van der Waals surface area contributed by atoms with E-state index in [1.807, 2.05) is 13.0 Å². The number of nitrogens with one attached hydrogen (secondary N) is 1. The molecule has 0 unspecified atom stereocenters. The predicted octanol–water partition coefficient (Wildman–Crippen LogP) is 3.26. The molecule has 1 aromatic carbocycles. The maximum absolute atomic E-state index is 12.3. The van der Waals surface area contributed by atoms with Crippen molar-refractivity contribution in [1.29, 1.82) is 0 Å². The second-order valence-corrected chi connectivity index (χ2v) is 5.45. The molecule has 118 valence electrons. The fourth-order valence-electron chi connectivity index (χ4n) is 2.59. The van der Waals surface area contributed by atoms with E-state index in [0.717, 1.165) is 6.42 Å². The lowest BCUT2D eigenvalue weighted by atomic mass is 9.95. The van der Waals surface area contributed by atoms with Crippen molar-refractivity contribution in [3.63, 3.8) is 0 Å². The van der Waals surface area contributed by atoms with Crippen LogP contribution in [0.4, 0.5) is 4.79 Å². The van der Waals surface area contributed by atoms with Crippen LogP contribution < -0.4 is 5.32 Å². The number of hydrogen-bond donors (Lipinski definition) is 1. The van der Waals surface area contributed by atoms with E-state index in [-0.39, 0.29) is 6.03 Å². The number of nitrogens with zero attached hydrogens (tertiary/aromatic N) is 1. The quantitative estimate of drug-likeness (QED) is 0.866. The van der Waals surface area contributed by atoms with Crippen LogP contribution in [0.3, 0.4) is 0 Å². The maximum Gasteiger partial charge on any atom is 0.337 e. The normalized spacial score (nSPS) is 18.3. The molecular formula is C16H19ClN2O3. The van der Waals surface area contributed by atoms with E-state index in [0.29, 0.717) is 28.4 Å². The van der Waals surface area contributed by atoms with Gasteiger partial charge < -0.3 is 10.1 Å². The van der Waals surface area contributed by atoms with E-state index >= 15 is 0 Å². The Morgan fingerprint density at radius 3 is 2.68 bits per heavy atom. The molecule has 0 saturated heterocycles. The molecule has 0 aromatic heterocycles. The second kappa shape index (κ2) is 6.83. The first-order valence-corrected chi connectivity index (χ1v) is 7.50. The number of carbonyl (C=O) groups excluding carboxylic acids is 2. The molecule has 5 nitrogen and oxygen atoms in total. The first-order chi connectivity index (χ1) is 10.5. The molecule has 0 saturated carbocycles. The summed E-state index contributed by atoms with van der Waals surface area (Å²) in [5, 5.41) is 3.34. The third-order valence-electron chi connectivity index (χ3n) is 3.67. The van der Waals surface area contributed by atoms with E-state index in [9.17, 15) is 9.59 Å². The molecule has 1 atom stereocenters. The van der Waals surface area contributed by atoms with E-state index in [2.05, 4.69) is 5.32 Å². The molecule has 1 N–H and O–H groups in total. The third-order valence-corrected chi connectivity index (χ3v) is 4.01. The standard InChI is InChI=1S/C16H19ClN2O3/c1-4-9-19-10(2)13(15(20)22-3)14(18-16(19)21)11-7-5-6-8-12(11)17/h5-8,14H,4,9H2,1-3H3,(H,18,21)/t14-/m1/s1. The number of allylic oxidation sites excluding steroid dienone is 1. The Bertz CT molecular complexity index is 628. The molecule has 0 spiro atoms. The van der Waals surface area contributed by atoms with Gasteiger partial charge in [0.2, 0.25) is 0 Å². The van der Waals surface area contributed by atoms with Gasteiger partial charge in [0, 0.05) is 17.3 Å². The van der Waals surface area contributed by atoms with Crippen molar-refractivity contribution in [3.05, 3.63) is 46.1 Å². The SMILES string of the molecule is CCCN1C(=O)N[C@H](c2ccccc2Cl)C(C(=O)OC)=C1C. The molecule has 1 aromatic rings. The number of carbonyl (C=O) groups is 2. The van der Waals surface area contributed by atoms with Gasteiger partial charge in [-0.3, -0.25) is 4.90 Å².